The highest BCUT2D eigenvalue weighted by molar-refractivity contribution is 7.98. The van der Waals surface area contributed by atoms with Crippen molar-refractivity contribution < 1.29 is 14.3 Å². The highest BCUT2D eigenvalue weighted by Gasteiger charge is 2.27. The summed E-state index contributed by atoms with van der Waals surface area (Å²) in [5.41, 5.74) is 0.999. The van der Waals surface area contributed by atoms with Crippen LogP contribution in [0, 0.1) is 19.8 Å². The van der Waals surface area contributed by atoms with Gasteiger partial charge in [-0.2, -0.15) is 0 Å². The first kappa shape index (κ1) is 17.4. The molecule has 1 N–H and O–H groups in total. The van der Waals surface area contributed by atoms with Crippen LogP contribution < -0.4 is 5.32 Å². The molecule has 1 amide bonds. The number of carbonyl (C=O) groups is 2. The van der Waals surface area contributed by atoms with Crippen LogP contribution in [0.4, 0.5) is 0 Å². The van der Waals surface area contributed by atoms with Crippen LogP contribution in [0.5, 0.6) is 0 Å². The Morgan fingerprint density at radius 3 is 2.33 bits per heavy atom. The van der Waals surface area contributed by atoms with Gasteiger partial charge in [0, 0.05) is 0 Å². The lowest BCUT2D eigenvalue weighted by atomic mass is 10.0. The van der Waals surface area contributed by atoms with Gasteiger partial charge in [-0.05, 0) is 26.0 Å². The van der Waals surface area contributed by atoms with Crippen molar-refractivity contribution in [3.8, 4) is 0 Å². The number of nitrogens with one attached hydrogen (secondary N) is 1. The summed E-state index contributed by atoms with van der Waals surface area (Å²) in [5, 5.41) is 3.31. The van der Waals surface area contributed by atoms with Crippen LogP contribution >= 0.6 is 11.8 Å². The van der Waals surface area contributed by atoms with Gasteiger partial charge in [0.05, 0.1) is 18.4 Å². The molecule has 1 aromatic heterocycles. The van der Waals surface area contributed by atoms with E-state index < -0.39 is 12.0 Å². The van der Waals surface area contributed by atoms with Crippen molar-refractivity contribution >= 4 is 23.6 Å². The van der Waals surface area contributed by atoms with E-state index in [1.807, 2.05) is 20.1 Å². The van der Waals surface area contributed by atoms with Gasteiger partial charge in [0.2, 0.25) is 0 Å². The molecular formula is C14H21N3O3S. The number of methoxy groups -OCH3 is 1. The van der Waals surface area contributed by atoms with Crippen LogP contribution in [0.1, 0.15) is 35.7 Å². The maximum Gasteiger partial charge on any atom is 0.328 e. The van der Waals surface area contributed by atoms with Crippen LogP contribution in [0.2, 0.25) is 0 Å². The van der Waals surface area contributed by atoms with E-state index in [4.69, 9.17) is 4.74 Å². The molecule has 1 aromatic rings. The van der Waals surface area contributed by atoms with Gasteiger partial charge >= 0.3 is 5.97 Å². The third-order valence-corrected chi connectivity index (χ3v) is 3.68. The molecule has 1 rings (SSSR count). The number of carbonyl (C=O) groups excluding carboxylic acids is 2. The van der Waals surface area contributed by atoms with Crippen LogP contribution in [-0.2, 0) is 9.53 Å². The molecule has 0 aliphatic carbocycles. The van der Waals surface area contributed by atoms with Gasteiger partial charge in [-0.3, -0.25) is 4.79 Å². The number of rotatable bonds is 5. The zero-order valence-electron chi connectivity index (χ0n) is 13.2. The second-order valence-corrected chi connectivity index (χ2v) is 5.75. The number of aryl methyl sites for hydroxylation is 2. The van der Waals surface area contributed by atoms with Crippen molar-refractivity contribution in [3.05, 3.63) is 17.1 Å². The predicted octanol–water partition coefficient (Wildman–Crippen LogP) is 1.74. The van der Waals surface area contributed by atoms with E-state index in [-0.39, 0.29) is 11.8 Å². The zero-order valence-corrected chi connectivity index (χ0v) is 14.0. The zero-order chi connectivity index (χ0) is 16.2. The number of amides is 1. The molecule has 0 saturated carbocycles. The molecule has 1 atom stereocenters. The van der Waals surface area contributed by atoms with Gasteiger partial charge in [0.25, 0.3) is 5.91 Å². The summed E-state index contributed by atoms with van der Waals surface area (Å²) in [4.78, 5) is 32.7. The molecule has 21 heavy (non-hydrogen) atoms. The molecule has 0 aromatic carbocycles. The Hall–Kier alpha value is -1.63. The van der Waals surface area contributed by atoms with E-state index in [0.29, 0.717) is 22.1 Å². The molecule has 116 valence electrons. The molecule has 1 unspecified atom stereocenters. The molecule has 0 fully saturated rings. The largest absolute Gasteiger partial charge is 0.467 e. The van der Waals surface area contributed by atoms with Crippen molar-refractivity contribution in [2.75, 3.05) is 13.4 Å². The fourth-order valence-corrected chi connectivity index (χ4v) is 2.60. The lowest BCUT2D eigenvalue weighted by Gasteiger charge is -2.20. The van der Waals surface area contributed by atoms with Crippen molar-refractivity contribution in [1.82, 2.24) is 15.3 Å². The first-order valence-electron chi connectivity index (χ1n) is 6.59. The number of hydrogen-bond donors (Lipinski definition) is 1. The SMILES string of the molecule is COC(=O)C(NC(=O)c1c(C)nc(C)nc1SC)C(C)C. The van der Waals surface area contributed by atoms with E-state index in [0.717, 1.165) is 0 Å². The van der Waals surface area contributed by atoms with Gasteiger partial charge in [-0.25, -0.2) is 14.8 Å². The van der Waals surface area contributed by atoms with Crippen molar-refractivity contribution in [2.45, 2.75) is 38.8 Å². The highest BCUT2D eigenvalue weighted by Crippen LogP contribution is 2.20. The quantitative estimate of drug-likeness (QED) is 0.507. The standard InChI is InChI=1S/C14H21N3O3S/c1-7(2)11(14(19)20-5)17-12(18)10-8(3)15-9(4)16-13(10)21-6/h7,11H,1-6H3,(H,17,18). The molecule has 0 spiro atoms. The van der Waals surface area contributed by atoms with Crippen LogP contribution in [0.3, 0.4) is 0 Å². The van der Waals surface area contributed by atoms with Gasteiger partial charge in [-0.1, -0.05) is 13.8 Å². The Balaban J connectivity index is 3.11. The summed E-state index contributed by atoms with van der Waals surface area (Å²) in [7, 11) is 1.30. The summed E-state index contributed by atoms with van der Waals surface area (Å²) in [6, 6.07) is -0.696. The molecule has 0 saturated heterocycles. The molecule has 7 heteroatoms. The monoisotopic (exact) mass is 311 g/mol. The van der Waals surface area contributed by atoms with Gasteiger partial charge in [0.15, 0.2) is 0 Å². The minimum absolute atomic E-state index is 0.0780. The molecule has 0 radical (unpaired) electrons. The average molecular weight is 311 g/mol. The van der Waals surface area contributed by atoms with E-state index >= 15 is 0 Å². The Labute approximate surface area is 129 Å². The summed E-state index contributed by atoms with van der Waals surface area (Å²) in [5.74, 6) is -0.289. The number of aromatic nitrogens is 2. The Kier molecular flexibility index (Phi) is 6.14. The number of nitrogens with zero attached hydrogens (tertiary/aromatic N) is 2. The van der Waals surface area contributed by atoms with Crippen LogP contribution in [-0.4, -0.2) is 41.3 Å². The second kappa shape index (κ2) is 7.40. The van der Waals surface area contributed by atoms with E-state index in [2.05, 4.69) is 15.3 Å². The topological polar surface area (TPSA) is 81.2 Å². The van der Waals surface area contributed by atoms with Crippen molar-refractivity contribution in [2.24, 2.45) is 5.92 Å². The van der Waals surface area contributed by atoms with Gasteiger partial charge < -0.3 is 10.1 Å². The van der Waals surface area contributed by atoms with Crippen LogP contribution in [0.15, 0.2) is 5.03 Å². The maximum atomic E-state index is 12.5. The molecule has 6 nitrogen and oxygen atoms in total. The van der Waals surface area contributed by atoms with Crippen LogP contribution in [0.25, 0.3) is 0 Å². The Bertz CT molecular complexity index is 547. The first-order chi connectivity index (χ1) is 9.81. The molecule has 0 aliphatic heterocycles. The minimum Gasteiger partial charge on any atom is -0.467 e. The van der Waals surface area contributed by atoms with Crippen molar-refractivity contribution in [3.63, 3.8) is 0 Å². The summed E-state index contributed by atoms with van der Waals surface area (Å²) in [6.45, 7) is 7.22. The molecule has 0 aliphatic rings. The summed E-state index contributed by atoms with van der Waals surface area (Å²) in [6.07, 6.45) is 1.85. The molecular weight excluding hydrogens is 290 g/mol. The van der Waals surface area contributed by atoms with E-state index in [1.54, 1.807) is 13.8 Å². The van der Waals surface area contributed by atoms with E-state index in [1.165, 1.54) is 18.9 Å². The predicted molar refractivity (Wildman–Crippen MR) is 81.4 cm³/mol. The fourth-order valence-electron chi connectivity index (χ4n) is 1.93. The minimum atomic E-state index is -0.696. The van der Waals surface area contributed by atoms with Gasteiger partial charge in [-0.15, -0.1) is 11.8 Å². The third kappa shape index (κ3) is 4.17. The maximum absolute atomic E-state index is 12.5. The number of thioether (sulfide) groups is 1. The third-order valence-electron chi connectivity index (χ3n) is 3.00. The average Bonchev–Trinajstić information content (AvgIpc) is 2.42. The smallest absolute Gasteiger partial charge is 0.328 e. The fraction of sp³-hybridized carbons (Fsp3) is 0.571. The molecule has 0 bridgehead atoms. The normalized spacial score (nSPS) is 12.1. The number of ether oxygens (including phenoxy) is 1. The van der Waals surface area contributed by atoms with Gasteiger partial charge in [0.1, 0.15) is 16.9 Å². The van der Waals surface area contributed by atoms with E-state index in [9.17, 15) is 9.59 Å². The Morgan fingerprint density at radius 2 is 1.86 bits per heavy atom. The first-order valence-corrected chi connectivity index (χ1v) is 7.82. The highest BCUT2D eigenvalue weighted by atomic mass is 32.2. The molecule has 1 heterocycles. The number of hydrogen-bond acceptors (Lipinski definition) is 6. The lowest BCUT2D eigenvalue weighted by molar-refractivity contribution is -0.144. The van der Waals surface area contributed by atoms with Crippen molar-refractivity contribution in [1.29, 1.82) is 0 Å². The number of esters is 1. The Morgan fingerprint density at radius 1 is 1.24 bits per heavy atom. The summed E-state index contributed by atoms with van der Waals surface area (Å²) >= 11 is 1.37. The lowest BCUT2D eigenvalue weighted by Crippen LogP contribution is -2.45. The summed E-state index contributed by atoms with van der Waals surface area (Å²) < 4.78 is 4.73. The second-order valence-electron chi connectivity index (χ2n) is 4.96.